The highest BCUT2D eigenvalue weighted by Crippen LogP contribution is 2.09. The van der Waals surface area contributed by atoms with Crippen LogP contribution in [0.25, 0.3) is 0 Å². The van der Waals surface area contributed by atoms with Gasteiger partial charge in [0, 0.05) is 12.2 Å². The van der Waals surface area contributed by atoms with E-state index in [1.165, 1.54) is 0 Å². The van der Waals surface area contributed by atoms with Gasteiger partial charge in [0.05, 0.1) is 18.2 Å². The maximum absolute atomic E-state index is 11.7. The van der Waals surface area contributed by atoms with Crippen LogP contribution in [0.2, 0.25) is 0 Å². The number of benzene rings is 2. The number of nitrogens with zero attached hydrogens (tertiary/aromatic N) is 1. The fraction of sp³-hybridized carbons (Fsp3) is 0.125. The summed E-state index contributed by atoms with van der Waals surface area (Å²) >= 11 is 0. The molecule has 0 aliphatic rings. The van der Waals surface area contributed by atoms with Crippen LogP contribution in [0.4, 0.5) is 5.69 Å². The summed E-state index contributed by atoms with van der Waals surface area (Å²) in [5.41, 5.74) is 2.29. The highest BCUT2D eigenvalue weighted by molar-refractivity contribution is 5.92. The molecular weight excluding hydrogens is 250 g/mol. The van der Waals surface area contributed by atoms with Crippen molar-refractivity contribution in [3.05, 3.63) is 65.7 Å². The Hall–Kier alpha value is -2.64. The molecule has 1 amide bonds. The van der Waals surface area contributed by atoms with Crippen molar-refractivity contribution in [1.29, 1.82) is 5.26 Å². The van der Waals surface area contributed by atoms with Gasteiger partial charge in [-0.05, 0) is 23.8 Å². The van der Waals surface area contributed by atoms with Crippen LogP contribution >= 0.6 is 0 Å². The Morgan fingerprint density at radius 1 is 1.10 bits per heavy atom. The van der Waals surface area contributed by atoms with Gasteiger partial charge in [0.15, 0.2) is 0 Å². The van der Waals surface area contributed by atoms with Crippen LogP contribution in [0, 0.1) is 11.3 Å². The molecule has 0 unspecified atom stereocenters. The Labute approximate surface area is 118 Å². The molecule has 0 saturated heterocycles. The van der Waals surface area contributed by atoms with E-state index in [2.05, 4.69) is 10.6 Å². The Balaban J connectivity index is 1.79. The van der Waals surface area contributed by atoms with Crippen molar-refractivity contribution in [2.45, 2.75) is 6.54 Å². The first kappa shape index (κ1) is 13.8. The van der Waals surface area contributed by atoms with E-state index in [0.29, 0.717) is 17.8 Å². The summed E-state index contributed by atoms with van der Waals surface area (Å²) in [5, 5.41) is 14.6. The standard InChI is InChI=1S/C16H15N3O/c17-10-14-7-4-8-15(9-14)19-16(20)12-18-11-13-5-2-1-3-6-13/h1-9,18H,11-12H2,(H,19,20). The predicted octanol–water partition coefficient (Wildman–Crippen LogP) is 2.29. The lowest BCUT2D eigenvalue weighted by atomic mass is 10.2. The summed E-state index contributed by atoms with van der Waals surface area (Å²) in [6.45, 7) is 0.873. The second kappa shape index (κ2) is 7.07. The molecule has 2 rings (SSSR count). The fourth-order valence-electron chi connectivity index (χ4n) is 1.79. The third-order valence-corrected chi connectivity index (χ3v) is 2.73. The molecule has 2 aromatic carbocycles. The van der Waals surface area contributed by atoms with Crippen molar-refractivity contribution in [1.82, 2.24) is 5.32 Å². The lowest BCUT2D eigenvalue weighted by molar-refractivity contribution is -0.115. The molecule has 0 spiro atoms. The van der Waals surface area contributed by atoms with Crippen LogP contribution in [0.3, 0.4) is 0 Å². The number of carbonyl (C=O) groups excluding carboxylic acids is 1. The monoisotopic (exact) mass is 265 g/mol. The van der Waals surface area contributed by atoms with Gasteiger partial charge in [-0.15, -0.1) is 0 Å². The van der Waals surface area contributed by atoms with E-state index in [9.17, 15) is 4.79 Å². The first-order valence-electron chi connectivity index (χ1n) is 6.32. The largest absolute Gasteiger partial charge is 0.325 e. The van der Waals surface area contributed by atoms with Gasteiger partial charge in [0.1, 0.15) is 0 Å². The van der Waals surface area contributed by atoms with Gasteiger partial charge in [-0.1, -0.05) is 36.4 Å². The summed E-state index contributed by atoms with van der Waals surface area (Å²) in [5.74, 6) is -0.129. The first-order valence-corrected chi connectivity index (χ1v) is 6.32. The smallest absolute Gasteiger partial charge is 0.238 e. The number of nitrogens with one attached hydrogen (secondary N) is 2. The van der Waals surface area contributed by atoms with Gasteiger partial charge in [-0.2, -0.15) is 5.26 Å². The Morgan fingerprint density at radius 2 is 1.90 bits per heavy atom. The van der Waals surface area contributed by atoms with Gasteiger partial charge in [-0.25, -0.2) is 0 Å². The van der Waals surface area contributed by atoms with E-state index in [4.69, 9.17) is 5.26 Å². The summed E-state index contributed by atoms with van der Waals surface area (Å²) in [6.07, 6.45) is 0. The van der Waals surface area contributed by atoms with E-state index >= 15 is 0 Å². The molecule has 100 valence electrons. The molecule has 0 heterocycles. The number of amides is 1. The number of anilines is 1. The second-order valence-electron chi connectivity index (χ2n) is 4.33. The van der Waals surface area contributed by atoms with E-state index in [1.807, 2.05) is 36.4 Å². The fourth-order valence-corrected chi connectivity index (χ4v) is 1.79. The van der Waals surface area contributed by atoms with Crippen LogP contribution in [0.1, 0.15) is 11.1 Å². The third-order valence-electron chi connectivity index (χ3n) is 2.73. The van der Waals surface area contributed by atoms with Crippen molar-refractivity contribution in [3.8, 4) is 6.07 Å². The number of hydrogen-bond donors (Lipinski definition) is 2. The number of rotatable bonds is 5. The summed E-state index contributed by atoms with van der Waals surface area (Å²) in [7, 11) is 0. The summed E-state index contributed by atoms with van der Waals surface area (Å²) in [4.78, 5) is 11.7. The minimum atomic E-state index is -0.129. The van der Waals surface area contributed by atoms with Crippen LogP contribution in [0.15, 0.2) is 54.6 Å². The van der Waals surface area contributed by atoms with Crippen molar-refractivity contribution in [2.75, 3.05) is 11.9 Å². The molecule has 20 heavy (non-hydrogen) atoms. The quantitative estimate of drug-likeness (QED) is 0.871. The molecule has 4 heteroatoms. The molecule has 4 nitrogen and oxygen atoms in total. The molecule has 2 N–H and O–H groups in total. The minimum absolute atomic E-state index is 0.129. The van der Waals surface area contributed by atoms with E-state index in [0.717, 1.165) is 5.56 Å². The van der Waals surface area contributed by atoms with Gasteiger partial charge in [-0.3, -0.25) is 4.79 Å². The molecule has 2 aromatic rings. The zero-order valence-corrected chi connectivity index (χ0v) is 11.0. The average molecular weight is 265 g/mol. The molecular formula is C16H15N3O. The van der Waals surface area contributed by atoms with Crippen LogP contribution < -0.4 is 10.6 Å². The van der Waals surface area contributed by atoms with Crippen molar-refractivity contribution >= 4 is 11.6 Å². The third kappa shape index (κ3) is 4.23. The molecule has 0 aliphatic carbocycles. The van der Waals surface area contributed by atoms with Gasteiger partial charge < -0.3 is 10.6 Å². The SMILES string of the molecule is N#Cc1cccc(NC(=O)CNCc2ccccc2)c1. The van der Waals surface area contributed by atoms with Crippen LogP contribution in [-0.4, -0.2) is 12.5 Å². The zero-order valence-electron chi connectivity index (χ0n) is 11.0. The molecule has 0 radical (unpaired) electrons. The lowest BCUT2D eigenvalue weighted by Gasteiger charge is -2.07. The molecule has 0 aliphatic heterocycles. The number of nitriles is 1. The maximum Gasteiger partial charge on any atom is 0.238 e. The normalized spacial score (nSPS) is 9.75. The van der Waals surface area contributed by atoms with E-state index in [-0.39, 0.29) is 12.5 Å². The van der Waals surface area contributed by atoms with Gasteiger partial charge in [0.2, 0.25) is 5.91 Å². The number of hydrogen-bond acceptors (Lipinski definition) is 3. The van der Waals surface area contributed by atoms with Crippen molar-refractivity contribution < 1.29 is 4.79 Å². The van der Waals surface area contributed by atoms with Crippen molar-refractivity contribution in [3.63, 3.8) is 0 Å². The minimum Gasteiger partial charge on any atom is -0.325 e. The topological polar surface area (TPSA) is 64.9 Å². The lowest BCUT2D eigenvalue weighted by Crippen LogP contribution is -2.27. The average Bonchev–Trinajstić information content (AvgIpc) is 2.48. The second-order valence-corrected chi connectivity index (χ2v) is 4.33. The summed E-state index contributed by atoms with van der Waals surface area (Å²) < 4.78 is 0. The Morgan fingerprint density at radius 3 is 2.65 bits per heavy atom. The number of carbonyl (C=O) groups is 1. The van der Waals surface area contributed by atoms with E-state index < -0.39 is 0 Å². The predicted molar refractivity (Wildman–Crippen MR) is 77.9 cm³/mol. The molecule has 0 atom stereocenters. The maximum atomic E-state index is 11.7. The van der Waals surface area contributed by atoms with E-state index in [1.54, 1.807) is 24.3 Å². The Kier molecular flexibility index (Phi) is 4.87. The highest BCUT2D eigenvalue weighted by Gasteiger charge is 2.02. The molecule has 0 bridgehead atoms. The zero-order chi connectivity index (χ0) is 14.2. The van der Waals surface area contributed by atoms with Crippen molar-refractivity contribution in [2.24, 2.45) is 0 Å². The van der Waals surface area contributed by atoms with Crippen LogP contribution in [0.5, 0.6) is 0 Å². The van der Waals surface area contributed by atoms with Crippen LogP contribution in [-0.2, 0) is 11.3 Å². The van der Waals surface area contributed by atoms with Gasteiger partial charge >= 0.3 is 0 Å². The molecule has 0 saturated carbocycles. The van der Waals surface area contributed by atoms with Gasteiger partial charge in [0.25, 0.3) is 0 Å². The highest BCUT2D eigenvalue weighted by atomic mass is 16.1. The molecule has 0 fully saturated rings. The molecule has 0 aromatic heterocycles. The first-order chi connectivity index (χ1) is 9.78. The summed E-state index contributed by atoms with van der Waals surface area (Å²) in [6, 6.07) is 18.8. The Bertz CT molecular complexity index is 617.